The molecule has 6 nitrogen and oxygen atoms in total. The Morgan fingerprint density at radius 3 is 2.55 bits per heavy atom. The van der Waals surface area contributed by atoms with E-state index < -0.39 is 0 Å². The van der Waals surface area contributed by atoms with Gasteiger partial charge in [0.05, 0.1) is 5.60 Å². The first-order valence-electron chi connectivity index (χ1n) is 10.8. The number of ether oxygens (including phenoxy) is 1. The van der Waals surface area contributed by atoms with Crippen molar-refractivity contribution in [1.29, 1.82) is 0 Å². The molecule has 0 bridgehead atoms. The normalized spacial score (nSPS) is 18.3. The number of rotatable bonds is 6. The first-order valence-corrected chi connectivity index (χ1v) is 10.8. The van der Waals surface area contributed by atoms with Crippen molar-refractivity contribution in [2.75, 3.05) is 18.5 Å². The average molecular weight is 420 g/mol. The molecule has 0 saturated carbocycles. The van der Waals surface area contributed by atoms with Gasteiger partial charge in [0, 0.05) is 41.9 Å². The fraction of sp³-hybridized carbons (Fsp3) is 0.360. The van der Waals surface area contributed by atoms with E-state index in [1.807, 2.05) is 73.9 Å². The number of carbonyl (C=O) groups excluding carboxylic acids is 2. The molecule has 1 aliphatic rings. The molecule has 6 heteroatoms. The fourth-order valence-corrected chi connectivity index (χ4v) is 4.12. The fourth-order valence-electron chi connectivity index (χ4n) is 4.12. The lowest BCUT2D eigenvalue weighted by Gasteiger charge is -2.23. The molecule has 1 fully saturated rings. The van der Waals surface area contributed by atoms with Crippen LogP contribution < -0.4 is 10.6 Å². The predicted octanol–water partition coefficient (Wildman–Crippen LogP) is 4.52. The van der Waals surface area contributed by atoms with Crippen LogP contribution in [-0.4, -0.2) is 35.1 Å². The van der Waals surface area contributed by atoms with Gasteiger partial charge in [0.25, 0.3) is 11.8 Å². The Hall–Kier alpha value is -3.12. The van der Waals surface area contributed by atoms with Crippen LogP contribution >= 0.6 is 0 Å². The van der Waals surface area contributed by atoms with Crippen LogP contribution in [0.3, 0.4) is 0 Å². The van der Waals surface area contributed by atoms with Crippen molar-refractivity contribution >= 4 is 28.4 Å². The monoisotopic (exact) mass is 419 g/mol. The number of carbonyl (C=O) groups is 2. The molecule has 2 amide bonds. The van der Waals surface area contributed by atoms with Crippen LogP contribution in [-0.2, 0) is 11.3 Å². The minimum Gasteiger partial charge on any atom is -0.373 e. The molecule has 2 heterocycles. The first kappa shape index (κ1) is 21.1. The van der Waals surface area contributed by atoms with E-state index in [0.717, 1.165) is 35.9 Å². The van der Waals surface area contributed by atoms with Crippen molar-refractivity contribution in [3.8, 4) is 0 Å². The quantitative estimate of drug-likeness (QED) is 0.617. The molecule has 31 heavy (non-hydrogen) atoms. The second-order valence-electron chi connectivity index (χ2n) is 8.45. The maximum Gasteiger partial charge on any atom is 0.268 e. The molecule has 1 unspecified atom stereocenters. The zero-order chi connectivity index (χ0) is 22.0. The summed E-state index contributed by atoms with van der Waals surface area (Å²) >= 11 is 0. The summed E-state index contributed by atoms with van der Waals surface area (Å²) in [6.07, 6.45) is 1.98. The van der Waals surface area contributed by atoms with Gasteiger partial charge in [-0.3, -0.25) is 9.59 Å². The van der Waals surface area contributed by atoms with Gasteiger partial charge in [-0.2, -0.15) is 0 Å². The Morgan fingerprint density at radius 1 is 1.10 bits per heavy atom. The summed E-state index contributed by atoms with van der Waals surface area (Å²) in [6.45, 7) is 7.97. The molecule has 0 spiro atoms. The molecule has 162 valence electrons. The van der Waals surface area contributed by atoms with E-state index in [-0.39, 0.29) is 17.4 Å². The molecule has 0 radical (unpaired) electrons. The van der Waals surface area contributed by atoms with Gasteiger partial charge in [-0.15, -0.1) is 0 Å². The van der Waals surface area contributed by atoms with Gasteiger partial charge < -0.3 is 19.9 Å². The SMILES string of the molecule is CCn1c(C(=O)NCC2(C)CCCO2)cc2cc(NC(=O)c3ccc(C)cc3)ccc21. The van der Waals surface area contributed by atoms with Crippen LogP contribution in [0.5, 0.6) is 0 Å². The molecule has 1 atom stereocenters. The highest BCUT2D eigenvalue weighted by Gasteiger charge is 2.30. The number of nitrogens with one attached hydrogen (secondary N) is 2. The molecule has 1 aliphatic heterocycles. The topological polar surface area (TPSA) is 72.4 Å². The number of benzene rings is 2. The van der Waals surface area contributed by atoms with E-state index >= 15 is 0 Å². The van der Waals surface area contributed by atoms with E-state index in [2.05, 4.69) is 10.6 Å². The molecular formula is C25H29N3O3. The summed E-state index contributed by atoms with van der Waals surface area (Å²) in [4.78, 5) is 25.5. The lowest BCUT2D eigenvalue weighted by molar-refractivity contribution is 0.0205. The largest absolute Gasteiger partial charge is 0.373 e. The number of hydrogen-bond donors (Lipinski definition) is 2. The van der Waals surface area contributed by atoms with Crippen molar-refractivity contribution < 1.29 is 14.3 Å². The summed E-state index contributed by atoms with van der Waals surface area (Å²) in [7, 11) is 0. The molecular weight excluding hydrogens is 390 g/mol. The van der Waals surface area contributed by atoms with E-state index in [1.54, 1.807) is 0 Å². The van der Waals surface area contributed by atoms with Crippen LogP contribution in [0.1, 0.15) is 53.1 Å². The van der Waals surface area contributed by atoms with Crippen molar-refractivity contribution in [1.82, 2.24) is 9.88 Å². The van der Waals surface area contributed by atoms with Gasteiger partial charge in [-0.1, -0.05) is 17.7 Å². The third-order valence-electron chi connectivity index (χ3n) is 5.95. The predicted molar refractivity (Wildman–Crippen MR) is 123 cm³/mol. The molecule has 4 rings (SSSR count). The lowest BCUT2D eigenvalue weighted by Crippen LogP contribution is -2.40. The van der Waals surface area contributed by atoms with E-state index in [1.165, 1.54) is 0 Å². The Bertz CT molecular complexity index is 1110. The van der Waals surface area contributed by atoms with Crippen LogP contribution in [0.15, 0.2) is 48.5 Å². The maximum absolute atomic E-state index is 12.9. The number of fused-ring (bicyclic) bond motifs is 1. The first-order chi connectivity index (χ1) is 14.9. The van der Waals surface area contributed by atoms with Gasteiger partial charge >= 0.3 is 0 Å². The third kappa shape index (κ3) is 4.49. The minimum atomic E-state index is -0.286. The summed E-state index contributed by atoms with van der Waals surface area (Å²) in [5, 5.41) is 6.90. The van der Waals surface area contributed by atoms with E-state index in [0.29, 0.717) is 30.0 Å². The van der Waals surface area contributed by atoms with Gasteiger partial charge in [-0.05, 0) is 70.0 Å². The Labute approximate surface area is 182 Å². The van der Waals surface area contributed by atoms with Crippen LogP contribution in [0.2, 0.25) is 0 Å². The molecule has 1 aromatic heterocycles. The highest BCUT2D eigenvalue weighted by Crippen LogP contribution is 2.26. The van der Waals surface area contributed by atoms with Crippen LogP contribution in [0.4, 0.5) is 5.69 Å². The number of nitrogens with zero attached hydrogens (tertiary/aromatic N) is 1. The summed E-state index contributed by atoms with van der Waals surface area (Å²) in [5.74, 6) is -0.267. The molecule has 2 aromatic carbocycles. The standard InChI is InChI=1S/C25H29N3O3/c1-4-28-21-11-10-20(27-23(29)18-8-6-17(2)7-9-18)14-19(21)15-22(28)24(30)26-16-25(3)12-5-13-31-25/h6-11,14-15H,4-5,12-13,16H2,1-3H3,(H,26,30)(H,27,29). The zero-order valence-electron chi connectivity index (χ0n) is 18.3. The molecule has 2 N–H and O–H groups in total. The summed E-state index contributed by atoms with van der Waals surface area (Å²) in [5.41, 5.74) is 3.71. The van der Waals surface area contributed by atoms with Crippen molar-refractivity contribution in [3.05, 3.63) is 65.4 Å². The smallest absolute Gasteiger partial charge is 0.268 e. The number of aromatic nitrogens is 1. The maximum atomic E-state index is 12.9. The number of amides is 2. The van der Waals surface area contributed by atoms with Gasteiger partial charge in [-0.25, -0.2) is 0 Å². The van der Waals surface area contributed by atoms with E-state index in [9.17, 15) is 9.59 Å². The Morgan fingerprint density at radius 2 is 1.87 bits per heavy atom. The highest BCUT2D eigenvalue weighted by atomic mass is 16.5. The van der Waals surface area contributed by atoms with Crippen molar-refractivity contribution in [2.45, 2.75) is 45.8 Å². The average Bonchev–Trinajstić information content (AvgIpc) is 3.36. The van der Waals surface area contributed by atoms with Gasteiger partial charge in [0.15, 0.2) is 0 Å². The summed E-state index contributed by atoms with van der Waals surface area (Å²) in [6, 6.07) is 15.1. The second kappa shape index (κ2) is 8.55. The lowest BCUT2D eigenvalue weighted by atomic mass is 10.0. The molecule has 1 saturated heterocycles. The van der Waals surface area contributed by atoms with Crippen LogP contribution in [0.25, 0.3) is 10.9 Å². The van der Waals surface area contributed by atoms with Gasteiger partial charge in [0.1, 0.15) is 5.69 Å². The van der Waals surface area contributed by atoms with Crippen molar-refractivity contribution in [3.63, 3.8) is 0 Å². The van der Waals surface area contributed by atoms with E-state index in [4.69, 9.17) is 4.74 Å². The molecule has 3 aromatic rings. The number of hydrogen-bond acceptors (Lipinski definition) is 3. The number of anilines is 1. The summed E-state index contributed by atoms with van der Waals surface area (Å²) < 4.78 is 7.77. The van der Waals surface area contributed by atoms with Crippen molar-refractivity contribution in [2.24, 2.45) is 0 Å². The van der Waals surface area contributed by atoms with Gasteiger partial charge in [0.2, 0.25) is 0 Å². The Kier molecular flexibility index (Phi) is 5.83. The Balaban J connectivity index is 1.53. The second-order valence-corrected chi connectivity index (χ2v) is 8.45. The third-order valence-corrected chi connectivity index (χ3v) is 5.95. The van der Waals surface area contributed by atoms with Crippen LogP contribution in [0, 0.1) is 6.92 Å². The minimum absolute atomic E-state index is 0.111. The zero-order valence-corrected chi connectivity index (χ0v) is 18.3. The highest BCUT2D eigenvalue weighted by molar-refractivity contribution is 6.06. The molecule has 0 aliphatic carbocycles. The number of aryl methyl sites for hydroxylation is 2.